The van der Waals surface area contributed by atoms with E-state index < -0.39 is 29.2 Å². The van der Waals surface area contributed by atoms with Gasteiger partial charge in [0.15, 0.2) is 0 Å². The Labute approximate surface area is 155 Å². The van der Waals surface area contributed by atoms with E-state index in [1.54, 1.807) is 6.07 Å². The fourth-order valence-corrected chi connectivity index (χ4v) is 3.72. The van der Waals surface area contributed by atoms with Crippen LogP contribution >= 0.6 is 15.9 Å². The topological polar surface area (TPSA) is 75.2 Å². The number of aromatic nitrogens is 2. The molecule has 0 radical (unpaired) electrons. The van der Waals surface area contributed by atoms with E-state index in [2.05, 4.69) is 31.2 Å². The smallest absolute Gasteiger partial charge is 0.254 e. The lowest BCUT2D eigenvalue weighted by atomic mass is 9.85. The second-order valence-corrected chi connectivity index (χ2v) is 7.25. The van der Waals surface area contributed by atoms with E-state index in [0.29, 0.717) is 0 Å². The van der Waals surface area contributed by atoms with Gasteiger partial charge < -0.3 is 4.90 Å². The van der Waals surface area contributed by atoms with Gasteiger partial charge in [-0.1, -0.05) is 0 Å². The first-order chi connectivity index (χ1) is 12.4. The number of halogens is 3. The van der Waals surface area contributed by atoms with E-state index >= 15 is 0 Å². The second kappa shape index (κ2) is 6.08. The molecule has 1 aliphatic carbocycles. The van der Waals surface area contributed by atoms with Crippen molar-refractivity contribution >= 4 is 33.7 Å². The van der Waals surface area contributed by atoms with E-state index in [1.807, 2.05) is 0 Å². The summed E-state index contributed by atoms with van der Waals surface area (Å²) >= 11 is 3.09. The van der Waals surface area contributed by atoms with Crippen molar-refractivity contribution in [2.75, 3.05) is 18.4 Å². The number of hydrogen-bond donors (Lipinski definition) is 1. The molecular formula is C17H13BrF2N4O2. The molecule has 1 aliphatic heterocycles. The number of alkyl halides is 1. The lowest BCUT2D eigenvalue weighted by molar-refractivity contribution is -0.117. The van der Waals surface area contributed by atoms with Crippen LogP contribution < -0.4 is 5.32 Å². The molecule has 6 nitrogen and oxygen atoms in total. The Hall–Kier alpha value is -2.42. The number of carbonyl (C=O) groups is 2. The summed E-state index contributed by atoms with van der Waals surface area (Å²) in [6, 6.07) is 4.48. The third-order valence-electron chi connectivity index (χ3n) is 4.72. The van der Waals surface area contributed by atoms with E-state index in [0.717, 1.165) is 0 Å². The fraction of sp³-hybridized carbons (Fsp3) is 0.294. The lowest BCUT2D eigenvalue weighted by Gasteiger charge is -2.34. The highest BCUT2D eigenvalue weighted by Crippen LogP contribution is 2.55. The summed E-state index contributed by atoms with van der Waals surface area (Å²) < 4.78 is 28.9. The summed E-state index contributed by atoms with van der Waals surface area (Å²) in [6.45, 7) is -0.334. The Balaban J connectivity index is 1.60. The van der Waals surface area contributed by atoms with Crippen LogP contribution in [0.2, 0.25) is 0 Å². The summed E-state index contributed by atoms with van der Waals surface area (Å²) in [5.74, 6) is -1.50. The van der Waals surface area contributed by atoms with E-state index in [-0.39, 0.29) is 41.1 Å². The molecule has 2 amide bonds. The normalized spacial score (nSPS) is 23.7. The predicted molar refractivity (Wildman–Crippen MR) is 91.9 cm³/mol. The van der Waals surface area contributed by atoms with E-state index in [9.17, 15) is 18.4 Å². The van der Waals surface area contributed by atoms with Gasteiger partial charge in [0.25, 0.3) is 5.91 Å². The molecule has 0 saturated heterocycles. The maximum absolute atomic E-state index is 14.6. The Morgan fingerprint density at radius 3 is 2.73 bits per heavy atom. The molecule has 0 bridgehead atoms. The van der Waals surface area contributed by atoms with Crippen LogP contribution in [0, 0.1) is 5.82 Å². The predicted octanol–water partition coefficient (Wildman–Crippen LogP) is 2.45. The van der Waals surface area contributed by atoms with Crippen LogP contribution in [0.15, 0.2) is 35.1 Å². The van der Waals surface area contributed by atoms with Crippen molar-refractivity contribution in [2.45, 2.75) is 18.0 Å². The molecule has 4 rings (SSSR count). The number of carbonyl (C=O) groups excluding carboxylic acids is 2. The molecule has 1 spiro atoms. The number of fused-ring (bicyclic) bond motifs is 2. The van der Waals surface area contributed by atoms with Crippen molar-refractivity contribution in [2.24, 2.45) is 0 Å². The Morgan fingerprint density at radius 2 is 2.08 bits per heavy atom. The molecule has 1 N–H and O–H groups in total. The number of hydrogen-bond acceptors (Lipinski definition) is 4. The van der Waals surface area contributed by atoms with Gasteiger partial charge in [-0.25, -0.2) is 18.7 Å². The molecule has 1 unspecified atom stereocenters. The highest BCUT2D eigenvalue weighted by molar-refractivity contribution is 9.10. The van der Waals surface area contributed by atoms with Gasteiger partial charge in [0.05, 0.1) is 9.89 Å². The highest BCUT2D eigenvalue weighted by atomic mass is 79.9. The quantitative estimate of drug-likeness (QED) is 0.823. The van der Waals surface area contributed by atoms with Gasteiger partial charge in [0, 0.05) is 30.1 Å². The zero-order valence-corrected chi connectivity index (χ0v) is 15.0. The highest BCUT2D eigenvalue weighted by Gasteiger charge is 2.62. The van der Waals surface area contributed by atoms with Crippen LogP contribution in [0.1, 0.15) is 22.3 Å². The van der Waals surface area contributed by atoms with Gasteiger partial charge in [-0.2, -0.15) is 0 Å². The first kappa shape index (κ1) is 17.0. The molecule has 9 heteroatoms. The summed E-state index contributed by atoms with van der Waals surface area (Å²) in [4.78, 5) is 33.9. The lowest BCUT2D eigenvalue weighted by Crippen LogP contribution is -2.48. The largest absolute Gasteiger partial charge is 0.328 e. The second-order valence-electron chi connectivity index (χ2n) is 6.39. The zero-order chi connectivity index (χ0) is 18.5. The van der Waals surface area contributed by atoms with Gasteiger partial charge in [0.1, 0.15) is 18.5 Å². The van der Waals surface area contributed by atoms with E-state index in [4.69, 9.17) is 0 Å². The summed E-state index contributed by atoms with van der Waals surface area (Å²) in [6.07, 6.45) is 1.82. The van der Waals surface area contributed by atoms with Crippen LogP contribution in [0.4, 0.5) is 14.7 Å². The van der Waals surface area contributed by atoms with Crippen LogP contribution in [0.5, 0.6) is 0 Å². The van der Waals surface area contributed by atoms with Crippen LogP contribution in [0.25, 0.3) is 0 Å². The minimum Gasteiger partial charge on any atom is -0.328 e. The number of nitrogens with zero attached hydrogens (tertiary/aromatic N) is 3. The molecule has 1 aromatic carbocycles. The molecule has 1 fully saturated rings. The molecule has 2 aromatic rings. The van der Waals surface area contributed by atoms with Crippen molar-refractivity contribution in [1.82, 2.24) is 14.9 Å². The molecular weight excluding hydrogens is 410 g/mol. The Bertz CT molecular complexity index is 911. The summed E-state index contributed by atoms with van der Waals surface area (Å²) in [7, 11) is 0. The number of rotatable bonds is 3. The molecule has 2 heterocycles. The van der Waals surface area contributed by atoms with Gasteiger partial charge in [-0.3, -0.25) is 14.9 Å². The van der Waals surface area contributed by atoms with Crippen molar-refractivity contribution in [3.05, 3.63) is 52.0 Å². The average molecular weight is 423 g/mol. The maximum atomic E-state index is 14.6. The van der Waals surface area contributed by atoms with Crippen molar-refractivity contribution in [3.63, 3.8) is 0 Å². The molecule has 2 aliphatic rings. The fourth-order valence-electron chi connectivity index (χ4n) is 3.39. The first-order valence-electron chi connectivity index (χ1n) is 7.91. The molecule has 26 heavy (non-hydrogen) atoms. The van der Waals surface area contributed by atoms with Crippen LogP contribution in [-0.2, 0) is 10.2 Å². The summed E-state index contributed by atoms with van der Waals surface area (Å²) in [5.41, 5.74) is -0.881. The average Bonchev–Trinajstić information content (AvgIpc) is 3.25. The zero-order valence-electron chi connectivity index (χ0n) is 13.4. The molecule has 134 valence electrons. The minimum absolute atomic E-state index is 0.0452. The van der Waals surface area contributed by atoms with Crippen molar-refractivity contribution in [3.8, 4) is 0 Å². The van der Waals surface area contributed by atoms with Gasteiger partial charge in [0.2, 0.25) is 11.9 Å². The number of benzene rings is 1. The number of nitrogens with one attached hydrogen (secondary N) is 1. The molecule has 1 saturated carbocycles. The van der Waals surface area contributed by atoms with Crippen LogP contribution in [0.3, 0.4) is 0 Å². The monoisotopic (exact) mass is 422 g/mol. The number of anilines is 1. The Morgan fingerprint density at radius 1 is 1.38 bits per heavy atom. The SMILES string of the molecule is O=C(CN1CC2(C[C@H]2F)c2c(ccc(Br)c2F)C1=O)Nc1ncccn1. The van der Waals surface area contributed by atoms with Gasteiger partial charge in [-0.15, -0.1) is 0 Å². The standard InChI is InChI=1S/C17H13BrF2N4O2/c18-10-3-2-9-13(14(10)20)17(6-11(17)19)8-24(15(9)26)7-12(25)23-16-21-4-1-5-22-16/h1-5,11H,6-8H2,(H,21,22,23,25)/t11-,17?/m1/s1. The molecule has 2 atom stereocenters. The van der Waals surface area contributed by atoms with Crippen LogP contribution in [-0.4, -0.2) is 45.9 Å². The Kier molecular flexibility index (Phi) is 3.98. The molecule has 1 aromatic heterocycles. The minimum atomic E-state index is -1.25. The third kappa shape index (κ3) is 2.66. The third-order valence-corrected chi connectivity index (χ3v) is 5.33. The van der Waals surface area contributed by atoms with Gasteiger partial charge >= 0.3 is 0 Å². The van der Waals surface area contributed by atoms with Crippen molar-refractivity contribution in [1.29, 1.82) is 0 Å². The first-order valence-corrected chi connectivity index (χ1v) is 8.70. The van der Waals surface area contributed by atoms with E-state index in [1.165, 1.54) is 29.4 Å². The number of amides is 2. The maximum Gasteiger partial charge on any atom is 0.254 e. The van der Waals surface area contributed by atoms with Gasteiger partial charge in [-0.05, 0) is 40.5 Å². The summed E-state index contributed by atoms with van der Waals surface area (Å²) in [5, 5.41) is 2.48. The van der Waals surface area contributed by atoms with Crippen molar-refractivity contribution < 1.29 is 18.4 Å².